The SMILES string of the molecule is O=c1c([N+](=O)[O-])cc(C(F)(F)F)cn1CC1COCCO1. The van der Waals surface area contributed by atoms with Crippen molar-refractivity contribution in [2.75, 3.05) is 19.8 Å². The van der Waals surface area contributed by atoms with Gasteiger partial charge in [-0.3, -0.25) is 14.9 Å². The van der Waals surface area contributed by atoms with Gasteiger partial charge in [-0.15, -0.1) is 0 Å². The molecular formula is C11H11F3N2O5. The van der Waals surface area contributed by atoms with Crippen molar-refractivity contribution in [1.82, 2.24) is 4.57 Å². The monoisotopic (exact) mass is 308 g/mol. The van der Waals surface area contributed by atoms with Gasteiger partial charge in [-0.05, 0) is 0 Å². The Morgan fingerprint density at radius 1 is 1.43 bits per heavy atom. The van der Waals surface area contributed by atoms with E-state index in [1.54, 1.807) is 0 Å². The van der Waals surface area contributed by atoms with Crippen molar-refractivity contribution in [2.24, 2.45) is 0 Å². The van der Waals surface area contributed by atoms with E-state index in [-0.39, 0.29) is 25.8 Å². The molecule has 1 aromatic heterocycles. The first-order chi connectivity index (χ1) is 9.79. The smallest absolute Gasteiger partial charge is 0.376 e. The summed E-state index contributed by atoms with van der Waals surface area (Å²) in [6.07, 6.45) is -4.86. The van der Waals surface area contributed by atoms with Crippen molar-refractivity contribution in [1.29, 1.82) is 0 Å². The molecule has 0 N–H and O–H groups in total. The quantitative estimate of drug-likeness (QED) is 0.618. The molecule has 0 amide bonds. The maximum absolute atomic E-state index is 12.7. The van der Waals surface area contributed by atoms with Crippen LogP contribution in [0.4, 0.5) is 18.9 Å². The number of aromatic nitrogens is 1. The number of hydrogen-bond acceptors (Lipinski definition) is 5. The summed E-state index contributed by atoms with van der Waals surface area (Å²) in [5.41, 5.74) is -3.49. The van der Waals surface area contributed by atoms with Crippen molar-refractivity contribution < 1.29 is 27.6 Å². The minimum atomic E-state index is -4.79. The highest BCUT2D eigenvalue weighted by atomic mass is 19.4. The van der Waals surface area contributed by atoms with E-state index in [1.165, 1.54) is 0 Å². The van der Waals surface area contributed by atoms with Crippen molar-refractivity contribution >= 4 is 5.69 Å². The summed E-state index contributed by atoms with van der Waals surface area (Å²) in [5.74, 6) is 0. The highest BCUT2D eigenvalue weighted by molar-refractivity contribution is 5.32. The normalized spacial score (nSPS) is 19.5. The summed E-state index contributed by atoms with van der Waals surface area (Å²) in [6.45, 7) is 0.467. The Hall–Kier alpha value is -1.94. The summed E-state index contributed by atoms with van der Waals surface area (Å²) in [6, 6.07) is 0.233. The average molecular weight is 308 g/mol. The summed E-state index contributed by atoms with van der Waals surface area (Å²) in [7, 11) is 0. The van der Waals surface area contributed by atoms with Gasteiger partial charge in [0, 0.05) is 12.3 Å². The average Bonchev–Trinajstić information content (AvgIpc) is 2.40. The molecule has 1 aromatic rings. The molecule has 0 bridgehead atoms. The molecule has 0 spiro atoms. The molecule has 1 atom stereocenters. The molecule has 1 fully saturated rings. The summed E-state index contributed by atoms with van der Waals surface area (Å²) in [5, 5.41) is 10.7. The summed E-state index contributed by atoms with van der Waals surface area (Å²) >= 11 is 0. The summed E-state index contributed by atoms with van der Waals surface area (Å²) < 4.78 is 49.1. The highest BCUT2D eigenvalue weighted by Crippen LogP contribution is 2.30. The fourth-order valence-corrected chi connectivity index (χ4v) is 1.90. The van der Waals surface area contributed by atoms with Crippen LogP contribution in [0.1, 0.15) is 5.56 Å². The number of nitrogens with zero attached hydrogens (tertiary/aromatic N) is 2. The van der Waals surface area contributed by atoms with Crippen LogP contribution in [0.3, 0.4) is 0 Å². The standard InChI is InChI=1S/C11H11F3N2O5/c12-11(13,14)7-3-9(16(18)19)10(17)15(4-7)5-8-6-20-1-2-21-8/h3-4,8H,1-2,5-6H2. The van der Waals surface area contributed by atoms with Crippen molar-refractivity contribution in [3.63, 3.8) is 0 Å². The molecule has 1 unspecified atom stereocenters. The Kier molecular flexibility index (Phi) is 4.28. The van der Waals surface area contributed by atoms with Crippen LogP contribution in [0, 0.1) is 10.1 Å². The third kappa shape index (κ3) is 3.58. The number of pyridine rings is 1. The Labute approximate surface area is 116 Å². The molecule has 1 aliphatic heterocycles. The zero-order valence-corrected chi connectivity index (χ0v) is 10.6. The third-order valence-electron chi connectivity index (χ3n) is 2.88. The Morgan fingerprint density at radius 2 is 2.14 bits per heavy atom. The van der Waals surface area contributed by atoms with Crippen LogP contribution < -0.4 is 5.56 Å². The van der Waals surface area contributed by atoms with E-state index in [0.717, 1.165) is 0 Å². The van der Waals surface area contributed by atoms with Gasteiger partial charge in [0.2, 0.25) is 0 Å². The Morgan fingerprint density at radius 3 is 2.67 bits per heavy atom. The number of alkyl halides is 3. The molecule has 116 valence electrons. The molecule has 2 rings (SSSR count). The minimum Gasteiger partial charge on any atom is -0.376 e. The lowest BCUT2D eigenvalue weighted by Gasteiger charge is -2.23. The van der Waals surface area contributed by atoms with Crippen molar-refractivity contribution in [3.05, 3.63) is 38.3 Å². The second-order valence-corrected chi connectivity index (χ2v) is 4.39. The second-order valence-electron chi connectivity index (χ2n) is 4.39. The number of halogens is 3. The van der Waals surface area contributed by atoms with Gasteiger partial charge in [-0.25, -0.2) is 0 Å². The molecular weight excluding hydrogens is 297 g/mol. The Balaban J connectivity index is 2.40. The third-order valence-corrected chi connectivity index (χ3v) is 2.88. The molecule has 0 radical (unpaired) electrons. The van der Waals surface area contributed by atoms with Crippen molar-refractivity contribution in [3.8, 4) is 0 Å². The zero-order chi connectivity index (χ0) is 15.6. The highest BCUT2D eigenvalue weighted by Gasteiger charge is 2.34. The van der Waals surface area contributed by atoms with Crippen LogP contribution in [-0.4, -0.2) is 35.4 Å². The first-order valence-electron chi connectivity index (χ1n) is 5.94. The van der Waals surface area contributed by atoms with Gasteiger partial charge in [0.1, 0.15) is 0 Å². The maximum Gasteiger partial charge on any atom is 0.418 e. The molecule has 10 heteroatoms. The second kappa shape index (κ2) is 5.82. The Bertz CT molecular complexity index is 593. The molecule has 0 aliphatic carbocycles. The zero-order valence-electron chi connectivity index (χ0n) is 10.6. The number of ether oxygens (including phenoxy) is 2. The first kappa shape index (κ1) is 15.4. The molecule has 2 heterocycles. The lowest BCUT2D eigenvalue weighted by Crippen LogP contribution is -2.36. The van der Waals surface area contributed by atoms with Crippen LogP contribution in [0.2, 0.25) is 0 Å². The molecule has 1 aliphatic rings. The van der Waals surface area contributed by atoms with Crippen LogP contribution in [0.5, 0.6) is 0 Å². The summed E-state index contributed by atoms with van der Waals surface area (Å²) in [4.78, 5) is 21.4. The van der Waals surface area contributed by atoms with Gasteiger partial charge < -0.3 is 14.0 Å². The lowest BCUT2D eigenvalue weighted by molar-refractivity contribution is -0.386. The van der Waals surface area contributed by atoms with Crippen LogP contribution in [-0.2, 0) is 22.2 Å². The van der Waals surface area contributed by atoms with E-state index < -0.39 is 34.0 Å². The van der Waals surface area contributed by atoms with E-state index in [2.05, 4.69) is 0 Å². The first-order valence-corrected chi connectivity index (χ1v) is 5.94. The number of nitro groups is 1. The fraction of sp³-hybridized carbons (Fsp3) is 0.545. The van der Waals surface area contributed by atoms with Gasteiger partial charge in [0.15, 0.2) is 0 Å². The van der Waals surface area contributed by atoms with Crippen LogP contribution in [0.25, 0.3) is 0 Å². The molecule has 0 saturated carbocycles. The minimum absolute atomic E-state index is 0.108. The van der Waals surface area contributed by atoms with Gasteiger partial charge in [-0.2, -0.15) is 13.2 Å². The topological polar surface area (TPSA) is 83.6 Å². The number of rotatable bonds is 3. The largest absolute Gasteiger partial charge is 0.418 e. The van der Waals surface area contributed by atoms with Crippen LogP contribution >= 0.6 is 0 Å². The van der Waals surface area contributed by atoms with E-state index in [1.807, 2.05) is 0 Å². The van der Waals surface area contributed by atoms with Gasteiger partial charge in [0.05, 0.1) is 43.0 Å². The fourth-order valence-electron chi connectivity index (χ4n) is 1.90. The van der Waals surface area contributed by atoms with E-state index >= 15 is 0 Å². The predicted octanol–water partition coefficient (Wildman–Crippen LogP) is 1.19. The van der Waals surface area contributed by atoms with Crippen molar-refractivity contribution in [2.45, 2.75) is 18.8 Å². The predicted molar refractivity (Wildman–Crippen MR) is 62.9 cm³/mol. The van der Waals surface area contributed by atoms with E-state index in [9.17, 15) is 28.1 Å². The van der Waals surface area contributed by atoms with Gasteiger partial charge in [0.25, 0.3) is 0 Å². The maximum atomic E-state index is 12.7. The molecule has 1 saturated heterocycles. The van der Waals surface area contributed by atoms with Crippen LogP contribution in [0.15, 0.2) is 17.1 Å². The van der Waals surface area contributed by atoms with E-state index in [0.29, 0.717) is 17.4 Å². The number of hydrogen-bond donors (Lipinski definition) is 0. The molecule has 21 heavy (non-hydrogen) atoms. The lowest BCUT2D eigenvalue weighted by atomic mass is 10.2. The van der Waals surface area contributed by atoms with Gasteiger partial charge in [-0.1, -0.05) is 0 Å². The van der Waals surface area contributed by atoms with E-state index in [4.69, 9.17) is 9.47 Å². The molecule has 0 aromatic carbocycles. The van der Waals surface area contributed by atoms with Gasteiger partial charge >= 0.3 is 17.4 Å². The molecule has 7 nitrogen and oxygen atoms in total.